The molecule has 0 unspecified atom stereocenters. The van der Waals surface area contributed by atoms with Crippen LogP contribution in [0.25, 0.3) is 0 Å². The Morgan fingerprint density at radius 3 is 2.67 bits per heavy atom. The Balaban J connectivity index is 2.33. The number of methoxy groups -OCH3 is 1. The minimum Gasteiger partial charge on any atom is -0.495 e. The molecule has 2 N–H and O–H groups in total. The summed E-state index contributed by atoms with van der Waals surface area (Å²) in [4.78, 5) is 25.0. The molecular weight excluding hydrogens is 336 g/mol. The Labute approximate surface area is 140 Å². The molecule has 2 rings (SSSR count). The number of sulfonamides is 1. The number of hydrogen-bond acceptors (Lipinski definition) is 5. The summed E-state index contributed by atoms with van der Waals surface area (Å²) in [5, 5.41) is 9.12. The maximum absolute atomic E-state index is 12.6. The van der Waals surface area contributed by atoms with Crippen molar-refractivity contribution in [2.24, 2.45) is 5.92 Å². The van der Waals surface area contributed by atoms with Gasteiger partial charge in [0.15, 0.2) is 0 Å². The quantitative estimate of drug-likeness (QED) is 0.796. The molecule has 0 radical (unpaired) electrons. The predicted octanol–water partition coefficient (Wildman–Crippen LogP) is 0.540. The lowest BCUT2D eigenvalue weighted by Gasteiger charge is -2.30. The summed E-state index contributed by atoms with van der Waals surface area (Å²) < 4.78 is 31.4. The van der Waals surface area contributed by atoms with Crippen LogP contribution < -0.4 is 9.46 Å². The standard InChI is InChI=1S/C15H20N2O6S/c1-16-24(21,22)13-8-10(5-6-12(13)23-2)14(18)17-7-3-4-11(9-17)15(19)20/h5-6,8,11,16H,3-4,7,9H2,1-2H3,(H,19,20)/t11-/m0/s1. The highest BCUT2D eigenvalue weighted by Gasteiger charge is 2.29. The SMILES string of the molecule is CNS(=O)(=O)c1cc(C(=O)N2CCC[C@H](C(=O)O)C2)ccc1OC. The Morgan fingerprint density at radius 1 is 1.38 bits per heavy atom. The maximum Gasteiger partial charge on any atom is 0.308 e. The van der Waals surface area contributed by atoms with Crippen molar-refractivity contribution in [2.75, 3.05) is 27.2 Å². The third-order valence-corrected chi connectivity index (χ3v) is 5.46. The van der Waals surface area contributed by atoms with Crippen molar-refractivity contribution in [3.8, 4) is 5.75 Å². The van der Waals surface area contributed by atoms with E-state index in [2.05, 4.69) is 4.72 Å². The molecule has 1 aromatic carbocycles. The van der Waals surface area contributed by atoms with E-state index in [9.17, 15) is 18.0 Å². The van der Waals surface area contributed by atoms with Crippen LogP contribution in [0.15, 0.2) is 23.1 Å². The van der Waals surface area contributed by atoms with Crippen LogP contribution in [0.1, 0.15) is 23.2 Å². The van der Waals surface area contributed by atoms with Crippen LogP contribution >= 0.6 is 0 Å². The van der Waals surface area contributed by atoms with Gasteiger partial charge >= 0.3 is 5.97 Å². The number of carbonyl (C=O) groups is 2. The van der Waals surface area contributed by atoms with Crippen molar-refractivity contribution >= 4 is 21.9 Å². The van der Waals surface area contributed by atoms with Gasteiger partial charge in [-0.1, -0.05) is 0 Å². The second kappa shape index (κ2) is 7.18. The zero-order valence-electron chi connectivity index (χ0n) is 13.5. The average molecular weight is 356 g/mol. The fraction of sp³-hybridized carbons (Fsp3) is 0.467. The first kappa shape index (κ1) is 18.2. The molecule has 132 valence electrons. The van der Waals surface area contributed by atoms with E-state index in [4.69, 9.17) is 9.84 Å². The van der Waals surface area contributed by atoms with Gasteiger partial charge in [0.25, 0.3) is 5.91 Å². The number of ether oxygens (including phenoxy) is 1. The van der Waals surface area contributed by atoms with E-state index < -0.39 is 27.8 Å². The van der Waals surface area contributed by atoms with Gasteiger partial charge in [0.05, 0.1) is 13.0 Å². The number of aliphatic carboxylic acids is 1. The van der Waals surface area contributed by atoms with Crippen molar-refractivity contribution < 1.29 is 27.9 Å². The summed E-state index contributed by atoms with van der Waals surface area (Å²) in [6.45, 7) is 0.567. The Hall–Kier alpha value is -2.13. The second-order valence-corrected chi connectivity index (χ2v) is 7.36. The van der Waals surface area contributed by atoms with Gasteiger partial charge < -0.3 is 14.7 Å². The molecule has 0 bridgehead atoms. The van der Waals surface area contributed by atoms with Crippen molar-refractivity contribution in [1.82, 2.24) is 9.62 Å². The third-order valence-electron chi connectivity index (χ3n) is 4.03. The third kappa shape index (κ3) is 3.68. The number of carboxylic acid groups (broad SMARTS) is 1. The first-order valence-electron chi connectivity index (χ1n) is 7.44. The summed E-state index contributed by atoms with van der Waals surface area (Å²) in [5.41, 5.74) is 0.177. The fourth-order valence-electron chi connectivity index (χ4n) is 2.68. The first-order chi connectivity index (χ1) is 11.3. The highest BCUT2D eigenvalue weighted by atomic mass is 32.2. The molecule has 1 aliphatic heterocycles. The van der Waals surface area contributed by atoms with Crippen molar-refractivity contribution in [3.63, 3.8) is 0 Å². The number of likely N-dealkylation sites (tertiary alicyclic amines) is 1. The summed E-state index contributed by atoms with van der Waals surface area (Å²) >= 11 is 0. The number of rotatable bonds is 5. The number of carbonyl (C=O) groups excluding carboxylic acids is 1. The van der Waals surface area contributed by atoms with Gasteiger partial charge in [-0.05, 0) is 38.1 Å². The smallest absolute Gasteiger partial charge is 0.308 e. The number of carboxylic acids is 1. The highest BCUT2D eigenvalue weighted by Crippen LogP contribution is 2.26. The topological polar surface area (TPSA) is 113 Å². The van der Waals surface area contributed by atoms with Gasteiger partial charge in [0.1, 0.15) is 10.6 Å². The van der Waals surface area contributed by atoms with Gasteiger partial charge in [-0.15, -0.1) is 0 Å². The number of nitrogens with one attached hydrogen (secondary N) is 1. The molecule has 1 amide bonds. The van der Waals surface area contributed by atoms with Gasteiger partial charge in [0, 0.05) is 18.7 Å². The van der Waals surface area contributed by atoms with E-state index in [-0.39, 0.29) is 22.8 Å². The molecule has 0 spiro atoms. The molecule has 1 saturated heterocycles. The Bertz CT molecular complexity index is 746. The first-order valence-corrected chi connectivity index (χ1v) is 8.92. The number of nitrogens with zero attached hydrogens (tertiary/aromatic N) is 1. The Morgan fingerprint density at radius 2 is 2.08 bits per heavy atom. The van der Waals surface area contributed by atoms with Gasteiger partial charge in [0.2, 0.25) is 10.0 Å². The summed E-state index contributed by atoms with van der Waals surface area (Å²) in [6, 6.07) is 4.13. The zero-order valence-corrected chi connectivity index (χ0v) is 14.3. The minimum absolute atomic E-state index is 0.119. The lowest BCUT2D eigenvalue weighted by atomic mass is 9.97. The molecule has 24 heavy (non-hydrogen) atoms. The van der Waals surface area contributed by atoms with E-state index in [0.717, 1.165) is 0 Å². The normalized spacial score (nSPS) is 18.2. The van der Waals surface area contributed by atoms with Gasteiger partial charge in [-0.25, -0.2) is 13.1 Å². The second-order valence-electron chi connectivity index (χ2n) is 5.50. The highest BCUT2D eigenvalue weighted by molar-refractivity contribution is 7.89. The summed E-state index contributed by atoms with van der Waals surface area (Å²) in [6.07, 6.45) is 1.13. The zero-order chi connectivity index (χ0) is 17.9. The maximum atomic E-state index is 12.6. The summed E-state index contributed by atoms with van der Waals surface area (Å²) in [7, 11) is -1.18. The van der Waals surface area contributed by atoms with Crippen LogP contribution in [-0.2, 0) is 14.8 Å². The monoisotopic (exact) mass is 356 g/mol. The molecule has 1 aliphatic rings. The van der Waals surface area contributed by atoms with Crippen molar-refractivity contribution in [2.45, 2.75) is 17.7 Å². The minimum atomic E-state index is -3.79. The molecule has 0 saturated carbocycles. The molecule has 1 fully saturated rings. The van der Waals surface area contributed by atoms with E-state index in [1.807, 2.05) is 0 Å². The van der Waals surface area contributed by atoms with E-state index in [0.29, 0.717) is 19.4 Å². The molecule has 0 aromatic heterocycles. The number of amides is 1. The number of hydrogen-bond donors (Lipinski definition) is 2. The van der Waals surface area contributed by atoms with Crippen molar-refractivity contribution in [3.05, 3.63) is 23.8 Å². The summed E-state index contributed by atoms with van der Waals surface area (Å²) in [5.74, 6) is -1.79. The Kier molecular flexibility index (Phi) is 5.45. The van der Waals surface area contributed by atoms with Crippen LogP contribution in [0.2, 0.25) is 0 Å². The van der Waals surface area contributed by atoms with E-state index in [1.54, 1.807) is 0 Å². The molecule has 1 aromatic rings. The molecule has 8 nitrogen and oxygen atoms in total. The van der Waals surface area contributed by atoms with Crippen LogP contribution in [0.3, 0.4) is 0 Å². The van der Waals surface area contributed by atoms with Crippen LogP contribution in [0.4, 0.5) is 0 Å². The molecule has 1 atom stereocenters. The number of benzene rings is 1. The lowest BCUT2D eigenvalue weighted by Crippen LogP contribution is -2.42. The fourth-order valence-corrected chi connectivity index (χ4v) is 3.59. The number of piperidine rings is 1. The van der Waals surface area contributed by atoms with Gasteiger partial charge in [-0.3, -0.25) is 9.59 Å². The lowest BCUT2D eigenvalue weighted by molar-refractivity contribution is -0.143. The van der Waals surface area contributed by atoms with Crippen LogP contribution in [0.5, 0.6) is 5.75 Å². The molecular formula is C15H20N2O6S. The largest absolute Gasteiger partial charge is 0.495 e. The molecule has 9 heteroatoms. The van der Waals surface area contributed by atoms with Gasteiger partial charge in [-0.2, -0.15) is 0 Å². The van der Waals surface area contributed by atoms with E-state index >= 15 is 0 Å². The molecule has 1 heterocycles. The predicted molar refractivity (Wildman–Crippen MR) is 85.5 cm³/mol. The van der Waals surface area contributed by atoms with E-state index in [1.165, 1.54) is 37.3 Å². The average Bonchev–Trinajstić information content (AvgIpc) is 2.60. The molecule has 0 aliphatic carbocycles. The van der Waals surface area contributed by atoms with Crippen molar-refractivity contribution in [1.29, 1.82) is 0 Å². The van der Waals surface area contributed by atoms with Crippen LogP contribution in [0, 0.1) is 5.92 Å². The van der Waals surface area contributed by atoms with Crippen LogP contribution in [-0.4, -0.2) is 57.5 Å².